The Bertz CT molecular complexity index is 1110. The van der Waals surface area contributed by atoms with E-state index < -0.39 is 18.1 Å². The minimum atomic E-state index is -4.64. The third-order valence-electron chi connectivity index (χ3n) is 5.51. The van der Waals surface area contributed by atoms with Crippen LogP contribution in [0.15, 0.2) is 36.4 Å². The van der Waals surface area contributed by atoms with Crippen molar-refractivity contribution in [1.82, 2.24) is 0 Å². The molecule has 6 nitrogen and oxygen atoms in total. The van der Waals surface area contributed by atoms with Crippen molar-refractivity contribution in [2.45, 2.75) is 98.1 Å². The highest BCUT2D eigenvalue weighted by atomic mass is 19.4. The molecule has 1 aliphatic carbocycles. The molecule has 2 aromatic rings. The van der Waals surface area contributed by atoms with Gasteiger partial charge < -0.3 is 14.2 Å². The molecule has 39 heavy (non-hydrogen) atoms. The van der Waals surface area contributed by atoms with Crippen molar-refractivity contribution in [3.05, 3.63) is 53.1 Å². The number of carbonyl (C=O) groups excluding carboxylic acids is 2. The number of ether oxygens (including phenoxy) is 3. The van der Waals surface area contributed by atoms with Crippen molar-refractivity contribution in [1.29, 1.82) is 0 Å². The highest BCUT2D eigenvalue weighted by Gasteiger charge is 2.29. The van der Waals surface area contributed by atoms with Gasteiger partial charge in [-0.05, 0) is 109 Å². The fourth-order valence-electron chi connectivity index (χ4n) is 4.10. The van der Waals surface area contributed by atoms with Crippen molar-refractivity contribution in [2.24, 2.45) is 0 Å². The molecule has 0 atom stereocenters. The van der Waals surface area contributed by atoms with E-state index >= 15 is 0 Å². The second kappa shape index (κ2) is 13.7. The van der Waals surface area contributed by atoms with Gasteiger partial charge in [-0.1, -0.05) is 12.1 Å². The zero-order valence-corrected chi connectivity index (χ0v) is 23.9. The van der Waals surface area contributed by atoms with Gasteiger partial charge in [-0.15, -0.1) is 0 Å². The molecule has 1 aliphatic heterocycles. The maximum atomic E-state index is 12.2. The second-order valence-corrected chi connectivity index (χ2v) is 10.9. The SMILES string of the molecule is CC(C)Oc1ccc2c(c1)CCC2.CC(C)Oc1ccc2c(c1)N(C(=O)OC(C)(C)C)CC2.O=CC(F)(F)F. The van der Waals surface area contributed by atoms with Crippen LogP contribution in [0.4, 0.5) is 23.7 Å². The Kier molecular flexibility index (Phi) is 11.2. The van der Waals surface area contributed by atoms with Gasteiger partial charge in [0.1, 0.15) is 17.1 Å². The van der Waals surface area contributed by atoms with Crippen molar-refractivity contribution >= 4 is 18.1 Å². The zero-order valence-electron chi connectivity index (χ0n) is 23.9. The minimum Gasteiger partial charge on any atom is -0.491 e. The van der Waals surface area contributed by atoms with Gasteiger partial charge >= 0.3 is 12.3 Å². The topological polar surface area (TPSA) is 65.1 Å². The molecule has 0 spiro atoms. The monoisotopic (exact) mass is 551 g/mol. The van der Waals surface area contributed by atoms with Crippen LogP contribution in [-0.2, 0) is 28.8 Å². The van der Waals surface area contributed by atoms with Crippen LogP contribution in [0.1, 0.15) is 71.6 Å². The van der Waals surface area contributed by atoms with Crippen LogP contribution < -0.4 is 14.4 Å². The first-order chi connectivity index (χ1) is 18.1. The van der Waals surface area contributed by atoms with E-state index in [1.807, 2.05) is 52.8 Å². The number of halogens is 3. The molecule has 216 valence electrons. The van der Waals surface area contributed by atoms with Gasteiger partial charge in [0, 0.05) is 12.6 Å². The number of aryl methyl sites for hydroxylation is 2. The van der Waals surface area contributed by atoms with Gasteiger partial charge in [-0.3, -0.25) is 9.69 Å². The highest BCUT2D eigenvalue weighted by Crippen LogP contribution is 2.33. The summed E-state index contributed by atoms with van der Waals surface area (Å²) in [7, 11) is 0. The number of benzene rings is 2. The van der Waals surface area contributed by atoms with Crippen LogP contribution in [0.25, 0.3) is 0 Å². The summed E-state index contributed by atoms with van der Waals surface area (Å²) in [6.07, 6.45) is -0.965. The normalized spacial score (nSPS) is 14.0. The largest absolute Gasteiger partial charge is 0.491 e. The molecule has 2 aliphatic rings. The predicted molar refractivity (Wildman–Crippen MR) is 146 cm³/mol. The smallest absolute Gasteiger partial charge is 0.446 e. The maximum absolute atomic E-state index is 12.2. The van der Waals surface area contributed by atoms with Crippen molar-refractivity contribution in [3.63, 3.8) is 0 Å². The first kappa shape index (κ1) is 32.0. The molecule has 0 unspecified atom stereocenters. The number of rotatable bonds is 4. The van der Waals surface area contributed by atoms with Crippen molar-refractivity contribution in [2.75, 3.05) is 11.4 Å². The highest BCUT2D eigenvalue weighted by molar-refractivity contribution is 5.90. The first-order valence-electron chi connectivity index (χ1n) is 13.2. The fraction of sp³-hybridized carbons (Fsp3) is 0.533. The number of amides is 1. The average molecular weight is 552 g/mol. The van der Waals surface area contributed by atoms with Gasteiger partial charge in [0.25, 0.3) is 0 Å². The molecular formula is C30H40F3NO5. The Morgan fingerprint density at radius 2 is 1.36 bits per heavy atom. The second-order valence-electron chi connectivity index (χ2n) is 10.9. The molecule has 2 aromatic carbocycles. The van der Waals surface area contributed by atoms with Gasteiger partial charge in [-0.25, -0.2) is 4.79 Å². The average Bonchev–Trinajstić information content (AvgIpc) is 3.44. The van der Waals surface area contributed by atoms with Crippen molar-refractivity contribution in [3.8, 4) is 11.5 Å². The quantitative estimate of drug-likeness (QED) is 0.369. The molecule has 0 radical (unpaired) electrons. The van der Waals surface area contributed by atoms with Gasteiger partial charge in [0.15, 0.2) is 0 Å². The molecule has 1 heterocycles. The zero-order chi connectivity index (χ0) is 29.4. The number of hydrogen-bond acceptors (Lipinski definition) is 5. The van der Waals surface area contributed by atoms with E-state index in [4.69, 9.17) is 19.0 Å². The molecule has 9 heteroatoms. The van der Waals surface area contributed by atoms with E-state index in [1.54, 1.807) is 4.90 Å². The summed E-state index contributed by atoms with van der Waals surface area (Å²) in [6, 6.07) is 12.4. The fourth-order valence-corrected chi connectivity index (χ4v) is 4.10. The molecule has 0 aromatic heterocycles. The summed E-state index contributed by atoms with van der Waals surface area (Å²) in [4.78, 5) is 22.6. The Balaban J connectivity index is 0.000000239. The Hall–Kier alpha value is -3.23. The van der Waals surface area contributed by atoms with Crippen LogP contribution in [0.5, 0.6) is 11.5 Å². The predicted octanol–water partition coefficient (Wildman–Crippen LogP) is 7.48. The summed E-state index contributed by atoms with van der Waals surface area (Å²) in [5.74, 6) is 1.81. The number of aldehydes is 1. The molecule has 0 saturated carbocycles. The number of fused-ring (bicyclic) bond motifs is 2. The van der Waals surface area contributed by atoms with E-state index in [9.17, 15) is 18.0 Å². The molecule has 0 saturated heterocycles. The molecule has 0 N–H and O–H groups in total. The van der Waals surface area contributed by atoms with E-state index in [0.29, 0.717) is 6.54 Å². The Labute approximate surface area is 229 Å². The van der Waals surface area contributed by atoms with E-state index in [2.05, 4.69) is 32.0 Å². The number of hydrogen-bond donors (Lipinski definition) is 0. The maximum Gasteiger partial charge on any atom is 0.446 e. The van der Waals surface area contributed by atoms with Crippen LogP contribution in [0, 0.1) is 0 Å². The molecule has 0 bridgehead atoms. The van der Waals surface area contributed by atoms with Gasteiger partial charge in [0.2, 0.25) is 6.29 Å². The third-order valence-corrected chi connectivity index (χ3v) is 5.51. The number of anilines is 1. The summed E-state index contributed by atoms with van der Waals surface area (Å²) in [5, 5.41) is 0. The molecule has 4 rings (SSSR count). The standard InChI is InChI=1S/C16H23NO3.C12H16O.C2HF3O/c1-11(2)19-13-7-6-12-8-9-17(14(12)10-13)15(18)20-16(3,4)5;1-9(2)13-12-7-6-10-4-3-5-11(10)8-12;3-2(4,5)1-6/h6-7,10-11H,8-9H2,1-5H3;6-9H,3-5H2,1-2H3;1H. The van der Waals surface area contributed by atoms with Crippen LogP contribution in [-0.4, -0.2) is 42.9 Å². The van der Waals surface area contributed by atoms with Crippen molar-refractivity contribution < 1.29 is 37.0 Å². The minimum absolute atomic E-state index is 0.115. The van der Waals surface area contributed by atoms with Gasteiger partial charge in [-0.2, -0.15) is 13.2 Å². The number of alkyl halides is 3. The third kappa shape index (κ3) is 11.2. The lowest BCUT2D eigenvalue weighted by atomic mass is 10.1. The van der Waals surface area contributed by atoms with E-state index in [-0.39, 0.29) is 18.3 Å². The molecule has 0 fully saturated rings. The lowest BCUT2D eigenvalue weighted by molar-refractivity contribution is -0.156. The molecular weight excluding hydrogens is 511 g/mol. The van der Waals surface area contributed by atoms with Crippen LogP contribution >= 0.6 is 0 Å². The lowest BCUT2D eigenvalue weighted by Gasteiger charge is -2.25. The van der Waals surface area contributed by atoms with Crippen LogP contribution in [0.3, 0.4) is 0 Å². The van der Waals surface area contributed by atoms with Gasteiger partial charge in [0.05, 0.1) is 17.9 Å². The summed E-state index contributed by atoms with van der Waals surface area (Å²) < 4.78 is 48.0. The van der Waals surface area contributed by atoms with Crippen LogP contribution in [0.2, 0.25) is 0 Å². The first-order valence-corrected chi connectivity index (χ1v) is 13.2. The number of carbonyl (C=O) groups is 2. The molecule has 1 amide bonds. The summed E-state index contributed by atoms with van der Waals surface area (Å²) >= 11 is 0. The number of nitrogens with zero attached hydrogens (tertiary/aromatic N) is 1. The lowest BCUT2D eigenvalue weighted by Crippen LogP contribution is -2.35. The Morgan fingerprint density at radius 1 is 0.846 bits per heavy atom. The summed E-state index contributed by atoms with van der Waals surface area (Å²) in [6.45, 7) is 14.4. The van der Waals surface area contributed by atoms with E-state index in [0.717, 1.165) is 29.2 Å². The Morgan fingerprint density at radius 3 is 1.87 bits per heavy atom. The van der Waals surface area contributed by atoms with E-state index in [1.165, 1.54) is 30.4 Å². The summed E-state index contributed by atoms with van der Waals surface area (Å²) in [5.41, 5.74) is 4.57.